The van der Waals surface area contributed by atoms with Crippen LogP contribution in [0.15, 0.2) is 12.1 Å². The van der Waals surface area contributed by atoms with E-state index in [0.717, 1.165) is 0 Å². The summed E-state index contributed by atoms with van der Waals surface area (Å²) in [7, 11) is 1.41. The number of nitro groups is 1. The first-order chi connectivity index (χ1) is 13.3. The Balaban J connectivity index is 1.71. The highest BCUT2D eigenvalue weighted by atomic mass is 16.6. The molecule has 2 heterocycles. The van der Waals surface area contributed by atoms with E-state index in [2.05, 4.69) is 0 Å². The molecule has 0 aromatic heterocycles. The Hall–Kier alpha value is -2.68. The molecule has 28 heavy (non-hydrogen) atoms. The van der Waals surface area contributed by atoms with Gasteiger partial charge in [0.1, 0.15) is 5.75 Å². The first kappa shape index (κ1) is 20.1. The Labute approximate surface area is 162 Å². The van der Waals surface area contributed by atoms with Crippen molar-refractivity contribution in [1.29, 1.82) is 0 Å². The van der Waals surface area contributed by atoms with Crippen LogP contribution in [0.25, 0.3) is 0 Å². The monoisotopic (exact) mass is 392 g/mol. The minimum atomic E-state index is -0.833. The molecule has 0 bridgehead atoms. The summed E-state index contributed by atoms with van der Waals surface area (Å²) in [6.07, 6.45) is 1.50. The molecule has 2 aliphatic rings. The standard InChI is InChI=1S/C19H24N2O7/c1-11-15(21(25)26)9-13(10-16(11)27-2)18(22)20-6-3-12(4-7-20)17-14(19(23)24)5-8-28-17/h9-10,12,14,17H,3-8H2,1-2H3,(H,23,24)/t14?,17-/m0/s1. The summed E-state index contributed by atoms with van der Waals surface area (Å²) in [5.41, 5.74) is 0.440. The highest BCUT2D eigenvalue weighted by Gasteiger charge is 2.41. The van der Waals surface area contributed by atoms with E-state index >= 15 is 0 Å². The number of benzene rings is 1. The van der Waals surface area contributed by atoms with E-state index in [0.29, 0.717) is 50.3 Å². The summed E-state index contributed by atoms with van der Waals surface area (Å²) in [5.74, 6) is -1.22. The molecule has 0 radical (unpaired) electrons. The zero-order valence-electron chi connectivity index (χ0n) is 15.9. The van der Waals surface area contributed by atoms with Crippen LogP contribution in [-0.4, -0.2) is 59.7 Å². The topological polar surface area (TPSA) is 119 Å². The zero-order valence-corrected chi connectivity index (χ0v) is 15.9. The van der Waals surface area contributed by atoms with Gasteiger partial charge >= 0.3 is 5.97 Å². The minimum Gasteiger partial charge on any atom is -0.496 e. The van der Waals surface area contributed by atoms with Gasteiger partial charge in [-0.05, 0) is 38.2 Å². The Bertz CT molecular complexity index is 787. The highest BCUT2D eigenvalue weighted by molar-refractivity contribution is 5.95. The van der Waals surface area contributed by atoms with E-state index in [4.69, 9.17) is 9.47 Å². The fourth-order valence-corrected chi connectivity index (χ4v) is 4.15. The van der Waals surface area contributed by atoms with E-state index in [1.807, 2.05) is 0 Å². The molecule has 3 rings (SSSR count). The molecule has 2 atom stereocenters. The summed E-state index contributed by atoms with van der Waals surface area (Å²) in [6, 6.07) is 2.81. The SMILES string of the molecule is COc1cc(C(=O)N2CCC([C@@H]3OCCC3C(=O)O)CC2)cc([N+](=O)[O-])c1C. The number of amides is 1. The van der Waals surface area contributed by atoms with E-state index in [-0.39, 0.29) is 29.2 Å². The molecule has 152 valence electrons. The summed E-state index contributed by atoms with van der Waals surface area (Å²) < 4.78 is 10.8. The average molecular weight is 392 g/mol. The number of hydrogen-bond acceptors (Lipinski definition) is 6. The number of carbonyl (C=O) groups is 2. The fourth-order valence-electron chi connectivity index (χ4n) is 4.15. The Kier molecular flexibility index (Phi) is 5.83. The van der Waals surface area contributed by atoms with Gasteiger partial charge in [-0.2, -0.15) is 0 Å². The van der Waals surface area contributed by atoms with Crippen LogP contribution >= 0.6 is 0 Å². The van der Waals surface area contributed by atoms with Crippen LogP contribution in [0.2, 0.25) is 0 Å². The quantitative estimate of drug-likeness (QED) is 0.603. The summed E-state index contributed by atoms with van der Waals surface area (Å²) in [5, 5.41) is 20.6. The molecule has 9 heteroatoms. The number of carboxylic acids is 1. The number of hydrogen-bond donors (Lipinski definition) is 1. The molecule has 0 aliphatic carbocycles. The van der Waals surface area contributed by atoms with Crippen molar-refractivity contribution < 1.29 is 29.1 Å². The molecule has 2 aliphatic heterocycles. The lowest BCUT2D eigenvalue weighted by atomic mass is 9.84. The van der Waals surface area contributed by atoms with E-state index < -0.39 is 16.8 Å². The van der Waals surface area contributed by atoms with Crippen molar-refractivity contribution in [2.45, 2.75) is 32.3 Å². The first-order valence-corrected chi connectivity index (χ1v) is 9.30. The number of likely N-dealkylation sites (tertiary alicyclic amines) is 1. The predicted octanol–water partition coefficient (Wildman–Crippen LogP) is 2.25. The number of methoxy groups -OCH3 is 1. The van der Waals surface area contributed by atoms with Gasteiger partial charge in [-0.25, -0.2) is 0 Å². The van der Waals surface area contributed by atoms with Gasteiger partial charge in [0, 0.05) is 25.8 Å². The molecule has 0 saturated carbocycles. The van der Waals surface area contributed by atoms with Crippen molar-refractivity contribution in [3.8, 4) is 5.75 Å². The van der Waals surface area contributed by atoms with Crippen LogP contribution in [0.3, 0.4) is 0 Å². The van der Waals surface area contributed by atoms with E-state index in [9.17, 15) is 24.8 Å². The van der Waals surface area contributed by atoms with Gasteiger partial charge in [0.05, 0.1) is 35.2 Å². The average Bonchev–Trinajstić information content (AvgIpc) is 3.17. The molecule has 1 unspecified atom stereocenters. The lowest BCUT2D eigenvalue weighted by Crippen LogP contribution is -2.43. The van der Waals surface area contributed by atoms with Crippen LogP contribution in [-0.2, 0) is 9.53 Å². The van der Waals surface area contributed by atoms with Crippen LogP contribution in [0.5, 0.6) is 5.75 Å². The van der Waals surface area contributed by atoms with Gasteiger partial charge in [0.15, 0.2) is 0 Å². The van der Waals surface area contributed by atoms with Crippen LogP contribution < -0.4 is 4.74 Å². The Morgan fingerprint density at radius 2 is 1.96 bits per heavy atom. The third-order valence-electron chi connectivity index (χ3n) is 5.74. The number of nitrogens with zero attached hydrogens (tertiary/aromatic N) is 2. The zero-order chi connectivity index (χ0) is 20.4. The molecule has 1 aromatic carbocycles. The predicted molar refractivity (Wildman–Crippen MR) is 98.5 cm³/mol. The lowest BCUT2D eigenvalue weighted by molar-refractivity contribution is -0.385. The fraction of sp³-hybridized carbons (Fsp3) is 0.579. The summed E-state index contributed by atoms with van der Waals surface area (Å²) in [6.45, 7) is 2.95. The number of piperidine rings is 1. The summed E-state index contributed by atoms with van der Waals surface area (Å²) >= 11 is 0. The Morgan fingerprint density at radius 1 is 1.29 bits per heavy atom. The van der Waals surface area contributed by atoms with E-state index in [1.54, 1.807) is 11.8 Å². The number of ether oxygens (including phenoxy) is 2. The molecule has 1 amide bonds. The van der Waals surface area contributed by atoms with Crippen molar-refractivity contribution in [2.24, 2.45) is 11.8 Å². The third kappa shape index (κ3) is 3.80. The van der Waals surface area contributed by atoms with Crippen molar-refractivity contribution in [3.63, 3.8) is 0 Å². The molecular formula is C19H24N2O7. The maximum atomic E-state index is 12.9. The number of carboxylic acid groups (broad SMARTS) is 1. The van der Waals surface area contributed by atoms with Gasteiger partial charge in [-0.3, -0.25) is 19.7 Å². The number of nitro benzene ring substituents is 1. The maximum absolute atomic E-state index is 12.9. The number of rotatable bonds is 5. The Morgan fingerprint density at radius 3 is 2.54 bits per heavy atom. The van der Waals surface area contributed by atoms with E-state index in [1.165, 1.54) is 19.2 Å². The van der Waals surface area contributed by atoms with Crippen LogP contribution in [0.4, 0.5) is 5.69 Å². The van der Waals surface area contributed by atoms with Crippen molar-refractivity contribution in [2.75, 3.05) is 26.8 Å². The van der Waals surface area contributed by atoms with Gasteiger partial charge < -0.3 is 19.5 Å². The first-order valence-electron chi connectivity index (χ1n) is 9.30. The normalized spacial score (nSPS) is 22.9. The van der Waals surface area contributed by atoms with Gasteiger partial charge in [0.25, 0.3) is 11.6 Å². The molecule has 1 N–H and O–H groups in total. The second-order valence-electron chi connectivity index (χ2n) is 7.28. The summed E-state index contributed by atoms with van der Waals surface area (Å²) in [4.78, 5) is 36.7. The molecular weight excluding hydrogens is 368 g/mol. The molecule has 0 spiro atoms. The van der Waals surface area contributed by atoms with Crippen LogP contribution in [0, 0.1) is 28.9 Å². The minimum absolute atomic E-state index is 0.0922. The van der Waals surface area contributed by atoms with Crippen molar-refractivity contribution in [3.05, 3.63) is 33.4 Å². The van der Waals surface area contributed by atoms with Crippen molar-refractivity contribution in [1.82, 2.24) is 4.90 Å². The second kappa shape index (κ2) is 8.14. The van der Waals surface area contributed by atoms with Gasteiger partial charge in [-0.1, -0.05) is 0 Å². The maximum Gasteiger partial charge on any atom is 0.309 e. The smallest absolute Gasteiger partial charge is 0.309 e. The number of aliphatic carboxylic acids is 1. The number of carbonyl (C=O) groups excluding carboxylic acids is 1. The van der Waals surface area contributed by atoms with Crippen LogP contribution in [0.1, 0.15) is 35.2 Å². The van der Waals surface area contributed by atoms with Crippen molar-refractivity contribution >= 4 is 17.6 Å². The molecule has 2 fully saturated rings. The molecule has 2 saturated heterocycles. The third-order valence-corrected chi connectivity index (χ3v) is 5.74. The molecule has 1 aromatic rings. The second-order valence-corrected chi connectivity index (χ2v) is 7.28. The van der Waals surface area contributed by atoms with Gasteiger partial charge in [-0.15, -0.1) is 0 Å². The highest BCUT2D eigenvalue weighted by Crippen LogP contribution is 2.34. The lowest BCUT2D eigenvalue weighted by Gasteiger charge is -2.35. The largest absolute Gasteiger partial charge is 0.496 e. The molecule has 9 nitrogen and oxygen atoms in total. The van der Waals surface area contributed by atoms with Gasteiger partial charge in [0.2, 0.25) is 0 Å².